The second-order valence-electron chi connectivity index (χ2n) is 3.24. The maximum atomic E-state index is 13.1. The number of aromatic nitrogens is 2. The first-order chi connectivity index (χ1) is 5.27. The minimum atomic E-state index is -0.170. The Balaban J connectivity index is 2.15. The van der Waals surface area contributed by atoms with E-state index in [9.17, 15) is 4.39 Å². The smallest absolute Gasteiger partial charge is 0.214 e. The zero-order valence-corrected chi connectivity index (χ0v) is 6.55. The third-order valence-electron chi connectivity index (χ3n) is 2.07. The molecule has 0 N–H and O–H groups in total. The quantitative estimate of drug-likeness (QED) is 0.634. The number of rotatable bonds is 2. The molecule has 60 valence electrons. The molecular formula is C8H11FN2. The van der Waals surface area contributed by atoms with Crippen LogP contribution in [0.1, 0.15) is 18.4 Å². The lowest BCUT2D eigenvalue weighted by Crippen LogP contribution is -2.04. The molecule has 0 bridgehead atoms. The molecular weight excluding hydrogens is 143 g/mol. The molecule has 0 saturated heterocycles. The second-order valence-corrected chi connectivity index (χ2v) is 3.24. The van der Waals surface area contributed by atoms with Crippen molar-refractivity contribution in [2.45, 2.75) is 26.3 Å². The highest BCUT2D eigenvalue weighted by Gasteiger charge is 2.23. The van der Waals surface area contributed by atoms with Gasteiger partial charge < -0.3 is 0 Å². The van der Waals surface area contributed by atoms with E-state index in [1.165, 1.54) is 17.5 Å². The van der Waals surface area contributed by atoms with E-state index in [4.69, 9.17) is 0 Å². The molecule has 1 saturated carbocycles. The Morgan fingerprint density at radius 2 is 2.45 bits per heavy atom. The number of nitrogens with zero attached hydrogens (tertiary/aromatic N) is 2. The van der Waals surface area contributed by atoms with Crippen molar-refractivity contribution in [2.24, 2.45) is 5.92 Å². The Morgan fingerprint density at radius 1 is 1.73 bits per heavy atom. The lowest BCUT2D eigenvalue weighted by atomic mass is 10.4. The molecule has 11 heavy (non-hydrogen) atoms. The van der Waals surface area contributed by atoms with Crippen LogP contribution in [0, 0.1) is 18.8 Å². The van der Waals surface area contributed by atoms with Crippen LogP contribution >= 0.6 is 0 Å². The summed E-state index contributed by atoms with van der Waals surface area (Å²) in [6.07, 6.45) is 4.05. The van der Waals surface area contributed by atoms with Crippen LogP contribution in [0.4, 0.5) is 4.39 Å². The Bertz CT molecular complexity index is 263. The van der Waals surface area contributed by atoms with Crippen LogP contribution in [0.3, 0.4) is 0 Å². The van der Waals surface area contributed by atoms with Gasteiger partial charge in [-0.25, -0.2) is 4.68 Å². The van der Waals surface area contributed by atoms with E-state index in [0.29, 0.717) is 11.5 Å². The molecule has 1 heterocycles. The monoisotopic (exact) mass is 154 g/mol. The number of halogens is 1. The molecule has 2 nitrogen and oxygen atoms in total. The van der Waals surface area contributed by atoms with Gasteiger partial charge >= 0.3 is 0 Å². The van der Waals surface area contributed by atoms with Gasteiger partial charge in [-0.1, -0.05) is 0 Å². The topological polar surface area (TPSA) is 17.8 Å². The van der Waals surface area contributed by atoms with Crippen LogP contribution in [0.5, 0.6) is 0 Å². The Labute approximate surface area is 65.0 Å². The Hall–Kier alpha value is -0.860. The van der Waals surface area contributed by atoms with Crippen LogP contribution in [-0.2, 0) is 6.54 Å². The van der Waals surface area contributed by atoms with Gasteiger partial charge in [0.1, 0.15) is 0 Å². The summed E-state index contributed by atoms with van der Waals surface area (Å²) in [7, 11) is 0. The van der Waals surface area contributed by atoms with Crippen molar-refractivity contribution in [1.29, 1.82) is 0 Å². The van der Waals surface area contributed by atoms with Crippen LogP contribution in [0.15, 0.2) is 6.20 Å². The molecule has 1 aliphatic rings. The fourth-order valence-electron chi connectivity index (χ4n) is 1.14. The van der Waals surface area contributed by atoms with E-state index in [0.717, 1.165) is 6.54 Å². The molecule has 0 spiro atoms. The van der Waals surface area contributed by atoms with Crippen molar-refractivity contribution in [3.63, 3.8) is 0 Å². The molecule has 1 fully saturated rings. The Kier molecular flexibility index (Phi) is 1.44. The molecule has 0 atom stereocenters. The first-order valence-electron chi connectivity index (χ1n) is 3.95. The van der Waals surface area contributed by atoms with Gasteiger partial charge in [0.25, 0.3) is 0 Å². The van der Waals surface area contributed by atoms with Crippen molar-refractivity contribution in [3.8, 4) is 0 Å². The average molecular weight is 154 g/mol. The van der Waals surface area contributed by atoms with Crippen LogP contribution in [0.25, 0.3) is 0 Å². The normalized spacial score (nSPS) is 17.3. The van der Waals surface area contributed by atoms with Gasteiger partial charge in [-0.2, -0.15) is 9.49 Å². The van der Waals surface area contributed by atoms with Crippen molar-refractivity contribution in [1.82, 2.24) is 9.78 Å². The van der Waals surface area contributed by atoms with Gasteiger partial charge in [0, 0.05) is 12.1 Å². The van der Waals surface area contributed by atoms with Crippen molar-refractivity contribution in [2.75, 3.05) is 0 Å². The fourth-order valence-corrected chi connectivity index (χ4v) is 1.14. The standard InChI is InChI=1S/C8H11FN2/c1-6-4-10-11(8(6)9)5-7-2-3-7/h4,7H,2-3,5H2,1H3. The summed E-state index contributed by atoms with van der Waals surface area (Å²) in [5.74, 6) is 0.515. The molecule has 0 aromatic carbocycles. The number of hydrogen-bond acceptors (Lipinski definition) is 1. The summed E-state index contributed by atoms with van der Waals surface area (Å²) in [6.45, 7) is 2.51. The van der Waals surface area contributed by atoms with Crippen molar-refractivity contribution in [3.05, 3.63) is 17.7 Å². The predicted molar refractivity (Wildman–Crippen MR) is 39.6 cm³/mol. The minimum Gasteiger partial charge on any atom is -0.239 e. The lowest BCUT2D eigenvalue weighted by molar-refractivity contribution is 0.434. The van der Waals surface area contributed by atoms with Crippen molar-refractivity contribution < 1.29 is 4.39 Å². The first-order valence-corrected chi connectivity index (χ1v) is 3.95. The highest BCUT2D eigenvalue weighted by Crippen LogP contribution is 2.30. The molecule has 0 unspecified atom stereocenters. The molecule has 0 amide bonds. The third kappa shape index (κ3) is 1.27. The summed E-state index contributed by atoms with van der Waals surface area (Å²) in [6, 6.07) is 0. The van der Waals surface area contributed by atoms with Gasteiger partial charge in [-0.05, 0) is 25.7 Å². The molecule has 0 aliphatic heterocycles. The van der Waals surface area contributed by atoms with Crippen LogP contribution < -0.4 is 0 Å². The largest absolute Gasteiger partial charge is 0.239 e. The van der Waals surface area contributed by atoms with Gasteiger partial charge in [-0.15, -0.1) is 0 Å². The average Bonchev–Trinajstić information content (AvgIpc) is 2.74. The van der Waals surface area contributed by atoms with Crippen molar-refractivity contribution >= 4 is 0 Å². The molecule has 1 aliphatic carbocycles. The zero-order valence-electron chi connectivity index (χ0n) is 6.55. The lowest BCUT2D eigenvalue weighted by Gasteiger charge is -1.98. The molecule has 1 aromatic heterocycles. The van der Waals surface area contributed by atoms with E-state index in [1.54, 1.807) is 13.1 Å². The number of hydrogen-bond donors (Lipinski definition) is 0. The maximum Gasteiger partial charge on any atom is 0.214 e. The zero-order chi connectivity index (χ0) is 7.84. The van der Waals surface area contributed by atoms with E-state index in [1.807, 2.05) is 0 Å². The van der Waals surface area contributed by atoms with E-state index in [2.05, 4.69) is 5.10 Å². The van der Waals surface area contributed by atoms with E-state index >= 15 is 0 Å². The summed E-state index contributed by atoms with van der Waals surface area (Å²) in [5, 5.41) is 3.94. The summed E-state index contributed by atoms with van der Waals surface area (Å²) >= 11 is 0. The molecule has 0 radical (unpaired) electrons. The van der Waals surface area contributed by atoms with Crippen LogP contribution in [0.2, 0.25) is 0 Å². The number of aryl methyl sites for hydroxylation is 1. The highest BCUT2D eigenvalue weighted by atomic mass is 19.1. The highest BCUT2D eigenvalue weighted by molar-refractivity contribution is 5.03. The first kappa shape index (κ1) is 6.83. The van der Waals surface area contributed by atoms with Gasteiger partial charge in [0.05, 0.1) is 6.20 Å². The minimum absolute atomic E-state index is 0.170. The SMILES string of the molecule is Cc1cnn(CC2CC2)c1F. The fraction of sp³-hybridized carbons (Fsp3) is 0.625. The van der Waals surface area contributed by atoms with E-state index < -0.39 is 0 Å². The molecule has 1 aromatic rings. The summed E-state index contributed by atoms with van der Waals surface area (Å²) < 4.78 is 14.5. The Morgan fingerprint density at radius 3 is 2.91 bits per heavy atom. The molecule has 3 heteroatoms. The summed E-state index contributed by atoms with van der Waals surface area (Å²) in [5.41, 5.74) is 0.644. The summed E-state index contributed by atoms with van der Waals surface area (Å²) in [4.78, 5) is 0. The second kappa shape index (κ2) is 2.32. The predicted octanol–water partition coefficient (Wildman–Crippen LogP) is 1.74. The van der Waals surface area contributed by atoms with Crippen LogP contribution in [-0.4, -0.2) is 9.78 Å². The van der Waals surface area contributed by atoms with E-state index in [-0.39, 0.29) is 5.95 Å². The third-order valence-corrected chi connectivity index (χ3v) is 2.07. The molecule has 2 rings (SSSR count). The van der Waals surface area contributed by atoms with Gasteiger partial charge in [-0.3, -0.25) is 0 Å². The van der Waals surface area contributed by atoms with Gasteiger partial charge in [0.2, 0.25) is 5.95 Å². The maximum absolute atomic E-state index is 13.1. The van der Waals surface area contributed by atoms with Gasteiger partial charge in [0.15, 0.2) is 0 Å².